The minimum Gasteiger partial charge on any atom is -0.497 e. The van der Waals surface area contributed by atoms with E-state index in [1.807, 2.05) is 24.3 Å². The van der Waals surface area contributed by atoms with Gasteiger partial charge in [0.05, 0.1) is 12.7 Å². The molecule has 1 unspecified atom stereocenters. The zero-order valence-corrected chi connectivity index (χ0v) is 14.1. The van der Waals surface area contributed by atoms with E-state index in [0.717, 1.165) is 37.4 Å². The Morgan fingerprint density at radius 1 is 1.40 bits per heavy atom. The largest absolute Gasteiger partial charge is 0.497 e. The Balaban J connectivity index is 1.64. The molecule has 1 aliphatic rings. The summed E-state index contributed by atoms with van der Waals surface area (Å²) in [6, 6.07) is 13.2. The van der Waals surface area contributed by atoms with Crippen LogP contribution in [0.1, 0.15) is 28.9 Å². The van der Waals surface area contributed by atoms with Crippen molar-refractivity contribution in [2.45, 2.75) is 18.9 Å². The normalized spacial score (nSPS) is 16.8. The van der Waals surface area contributed by atoms with E-state index in [9.17, 15) is 4.79 Å². The lowest BCUT2D eigenvalue weighted by molar-refractivity contribution is 0.0928. The molecule has 1 N–H and O–H groups in total. The van der Waals surface area contributed by atoms with E-state index in [4.69, 9.17) is 10.00 Å². The Morgan fingerprint density at radius 3 is 3.00 bits per heavy atom. The number of benzene rings is 1. The minimum atomic E-state index is -0.206. The average molecular weight is 336 g/mol. The smallest absolute Gasteiger partial charge is 0.270 e. The van der Waals surface area contributed by atoms with Gasteiger partial charge in [0.25, 0.3) is 5.91 Å². The summed E-state index contributed by atoms with van der Waals surface area (Å²) in [7, 11) is 1.66. The van der Waals surface area contributed by atoms with E-state index in [1.54, 1.807) is 19.2 Å². The number of piperidine rings is 1. The summed E-state index contributed by atoms with van der Waals surface area (Å²) in [6.07, 6.45) is 3.35. The summed E-state index contributed by atoms with van der Waals surface area (Å²) < 4.78 is 5.29. The van der Waals surface area contributed by atoms with Crippen LogP contribution in [-0.4, -0.2) is 37.1 Å². The Morgan fingerprint density at radius 2 is 2.28 bits per heavy atom. The first-order valence-electron chi connectivity index (χ1n) is 8.25. The molecule has 2 aromatic rings. The van der Waals surface area contributed by atoms with Crippen LogP contribution in [0, 0.1) is 11.3 Å². The highest BCUT2D eigenvalue weighted by Gasteiger charge is 2.22. The van der Waals surface area contributed by atoms with Crippen molar-refractivity contribution in [2.24, 2.45) is 0 Å². The lowest BCUT2D eigenvalue weighted by atomic mass is 10.0. The molecule has 6 nitrogen and oxygen atoms in total. The van der Waals surface area contributed by atoms with Gasteiger partial charge in [-0.1, -0.05) is 6.07 Å². The molecule has 1 aliphatic heterocycles. The minimum absolute atomic E-state index is 0.0601. The molecular formula is C19H20N4O2. The molecule has 0 aliphatic carbocycles. The van der Waals surface area contributed by atoms with Crippen LogP contribution in [0.5, 0.6) is 5.75 Å². The maximum Gasteiger partial charge on any atom is 0.270 e. The van der Waals surface area contributed by atoms with E-state index >= 15 is 0 Å². The van der Waals surface area contributed by atoms with Crippen molar-refractivity contribution in [1.29, 1.82) is 5.26 Å². The maximum atomic E-state index is 12.4. The molecule has 1 aromatic carbocycles. The summed E-state index contributed by atoms with van der Waals surface area (Å²) in [5.74, 6) is 0.618. The standard InChI is InChI=1S/C19H20N4O2/c1-25-17-6-2-5-16(10-17)23-9-3-4-15(13-23)22-19(24)18-8-7-14(11-20)12-21-18/h2,5-8,10,12,15H,3-4,9,13H2,1H3,(H,22,24). The van der Waals surface area contributed by atoms with Gasteiger partial charge in [-0.05, 0) is 37.1 Å². The van der Waals surface area contributed by atoms with Gasteiger partial charge in [0.2, 0.25) is 0 Å². The third-order valence-corrected chi connectivity index (χ3v) is 4.30. The van der Waals surface area contributed by atoms with Crippen molar-refractivity contribution in [3.63, 3.8) is 0 Å². The number of rotatable bonds is 4. The number of nitriles is 1. The van der Waals surface area contributed by atoms with E-state index in [1.165, 1.54) is 6.20 Å². The fourth-order valence-corrected chi connectivity index (χ4v) is 2.99. The number of hydrogen-bond acceptors (Lipinski definition) is 5. The average Bonchev–Trinajstić information content (AvgIpc) is 2.68. The monoisotopic (exact) mass is 336 g/mol. The number of hydrogen-bond donors (Lipinski definition) is 1. The summed E-state index contributed by atoms with van der Waals surface area (Å²) in [5, 5.41) is 11.8. The van der Waals surface area contributed by atoms with Crippen LogP contribution in [-0.2, 0) is 0 Å². The van der Waals surface area contributed by atoms with Gasteiger partial charge in [0.15, 0.2) is 0 Å². The van der Waals surface area contributed by atoms with Crippen molar-refractivity contribution < 1.29 is 9.53 Å². The molecule has 1 fully saturated rings. The van der Waals surface area contributed by atoms with E-state index in [-0.39, 0.29) is 11.9 Å². The second-order valence-electron chi connectivity index (χ2n) is 6.00. The van der Waals surface area contributed by atoms with Crippen molar-refractivity contribution in [2.75, 3.05) is 25.1 Å². The van der Waals surface area contributed by atoms with Gasteiger partial charge < -0.3 is 15.0 Å². The van der Waals surface area contributed by atoms with Gasteiger partial charge in [-0.3, -0.25) is 4.79 Å². The maximum absolute atomic E-state index is 12.4. The molecule has 25 heavy (non-hydrogen) atoms. The topological polar surface area (TPSA) is 78.2 Å². The molecule has 1 saturated heterocycles. The Hall–Kier alpha value is -3.07. The van der Waals surface area contributed by atoms with Crippen LogP contribution in [0.2, 0.25) is 0 Å². The number of carbonyl (C=O) groups is 1. The number of methoxy groups -OCH3 is 1. The highest BCUT2D eigenvalue weighted by molar-refractivity contribution is 5.92. The molecular weight excluding hydrogens is 316 g/mol. The lowest BCUT2D eigenvalue weighted by Crippen LogP contribution is -2.48. The molecule has 3 rings (SSSR count). The highest BCUT2D eigenvalue weighted by Crippen LogP contribution is 2.24. The van der Waals surface area contributed by atoms with Crippen LogP contribution in [0.4, 0.5) is 5.69 Å². The predicted octanol–water partition coefficient (Wildman–Crippen LogP) is 2.36. The molecule has 128 valence electrons. The first-order valence-corrected chi connectivity index (χ1v) is 8.25. The number of nitrogens with zero attached hydrogens (tertiary/aromatic N) is 3. The summed E-state index contributed by atoms with van der Waals surface area (Å²) >= 11 is 0. The lowest BCUT2D eigenvalue weighted by Gasteiger charge is -2.34. The number of aromatic nitrogens is 1. The molecule has 1 atom stereocenters. The van der Waals surface area contributed by atoms with Gasteiger partial charge in [-0.15, -0.1) is 0 Å². The molecule has 0 saturated carbocycles. The number of nitrogens with one attached hydrogen (secondary N) is 1. The fraction of sp³-hybridized carbons (Fsp3) is 0.316. The Kier molecular flexibility index (Phi) is 5.14. The number of carbonyl (C=O) groups excluding carboxylic acids is 1. The van der Waals surface area contributed by atoms with Gasteiger partial charge in [-0.2, -0.15) is 5.26 Å². The Labute approximate surface area is 147 Å². The molecule has 6 heteroatoms. The first kappa shape index (κ1) is 16.8. The second kappa shape index (κ2) is 7.67. The van der Waals surface area contributed by atoms with Crippen molar-refractivity contribution in [3.05, 3.63) is 53.9 Å². The van der Waals surface area contributed by atoms with Crippen molar-refractivity contribution >= 4 is 11.6 Å². The third-order valence-electron chi connectivity index (χ3n) is 4.30. The van der Waals surface area contributed by atoms with Crippen LogP contribution < -0.4 is 15.0 Å². The van der Waals surface area contributed by atoms with Gasteiger partial charge in [-0.25, -0.2) is 4.98 Å². The quantitative estimate of drug-likeness (QED) is 0.927. The van der Waals surface area contributed by atoms with Crippen LogP contribution >= 0.6 is 0 Å². The molecule has 0 spiro atoms. The van der Waals surface area contributed by atoms with E-state index in [0.29, 0.717) is 11.3 Å². The number of anilines is 1. The van der Waals surface area contributed by atoms with Crippen LogP contribution in [0.3, 0.4) is 0 Å². The number of amides is 1. The zero-order chi connectivity index (χ0) is 17.6. The third kappa shape index (κ3) is 4.07. The summed E-state index contributed by atoms with van der Waals surface area (Å²) in [5.41, 5.74) is 1.87. The SMILES string of the molecule is COc1cccc(N2CCCC(NC(=O)c3ccc(C#N)cn3)C2)c1. The number of ether oxygens (including phenoxy) is 1. The Bertz CT molecular complexity index is 783. The van der Waals surface area contributed by atoms with E-state index in [2.05, 4.69) is 21.3 Å². The van der Waals surface area contributed by atoms with Crippen LogP contribution in [0.15, 0.2) is 42.6 Å². The molecule has 1 amide bonds. The molecule has 0 bridgehead atoms. The summed E-state index contributed by atoms with van der Waals surface area (Å²) in [4.78, 5) is 18.7. The molecule has 2 heterocycles. The van der Waals surface area contributed by atoms with Crippen molar-refractivity contribution in [1.82, 2.24) is 10.3 Å². The van der Waals surface area contributed by atoms with Crippen molar-refractivity contribution in [3.8, 4) is 11.8 Å². The van der Waals surface area contributed by atoms with Gasteiger partial charge in [0, 0.05) is 37.1 Å². The second-order valence-corrected chi connectivity index (χ2v) is 6.00. The van der Waals surface area contributed by atoms with Gasteiger partial charge >= 0.3 is 0 Å². The molecule has 1 aromatic heterocycles. The van der Waals surface area contributed by atoms with Crippen LogP contribution in [0.25, 0.3) is 0 Å². The fourth-order valence-electron chi connectivity index (χ4n) is 2.99. The molecule has 0 radical (unpaired) electrons. The first-order chi connectivity index (χ1) is 12.2. The summed E-state index contributed by atoms with van der Waals surface area (Å²) in [6.45, 7) is 1.70. The predicted molar refractivity (Wildman–Crippen MR) is 94.6 cm³/mol. The number of pyridine rings is 1. The van der Waals surface area contributed by atoms with E-state index < -0.39 is 0 Å². The van der Waals surface area contributed by atoms with Gasteiger partial charge in [0.1, 0.15) is 17.5 Å². The highest BCUT2D eigenvalue weighted by atomic mass is 16.5. The zero-order valence-electron chi connectivity index (χ0n) is 14.1.